The van der Waals surface area contributed by atoms with E-state index < -0.39 is 5.60 Å². The quantitative estimate of drug-likeness (QED) is 0.831. The molecule has 1 amide bonds. The molecule has 0 aromatic carbocycles. The standard InChI is InChI=1S/C18H34N2O3/c1-5-16-12-15(10-11-22-16)19-13-6-8-14(9-7-13)20-17(21)23-18(2,3)4/h13-16,19H,5-12H2,1-4H3,(H,20,21). The lowest BCUT2D eigenvalue weighted by Crippen LogP contribution is -2.48. The first-order valence-electron chi connectivity index (χ1n) is 9.23. The van der Waals surface area contributed by atoms with Crippen molar-refractivity contribution < 1.29 is 14.3 Å². The Hall–Kier alpha value is -0.810. The van der Waals surface area contributed by atoms with Gasteiger partial charge in [0.05, 0.1) is 6.10 Å². The van der Waals surface area contributed by atoms with Crippen molar-refractivity contribution in [2.45, 2.75) is 102 Å². The number of carbonyl (C=O) groups excluding carboxylic acids is 1. The molecule has 2 N–H and O–H groups in total. The first kappa shape index (κ1) is 18.5. The van der Waals surface area contributed by atoms with E-state index in [9.17, 15) is 4.79 Å². The van der Waals surface area contributed by atoms with Crippen molar-refractivity contribution in [3.8, 4) is 0 Å². The van der Waals surface area contributed by atoms with E-state index in [2.05, 4.69) is 17.6 Å². The molecular formula is C18H34N2O3. The summed E-state index contributed by atoms with van der Waals surface area (Å²) in [5.74, 6) is 0. The molecule has 1 saturated carbocycles. The molecule has 2 unspecified atom stereocenters. The van der Waals surface area contributed by atoms with Crippen molar-refractivity contribution in [2.24, 2.45) is 0 Å². The zero-order chi connectivity index (χ0) is 16.9. The summed E-state index contributed by atoms with van der Waals surface area (Å²) in [4.78, 5) is 11.8. The minimum Gasteiger partial charge on any atom is -0.444 e. The molecule has 1 saturated heterocycles. The van der Waals surface area contributed by atoms with Crippen molar-refractivity contribution in [2.75, 3.05) is 6.61 Å². The monoisotopic (exact) mass is 326 g/mol. The summed E-state index contributed by atoms with van der Waals surface area (Å²) in [7, 11) is 0. The van der Waals surface area contributed by atoms with E-state index >= 15 is 0 Å². The fraction of sp³-hybridized carbons (Fsp3) is 0.944. The molecule has 1 aliphatic heterocycles. The van der Waals surface area contributed by atoms with E-state index in [1.165, 1.54) is 0 Å². The van der Waals surface area contributed by atoms with E-state index in [4.69, 9.17) is 9.47 Å². The summed E-state index contributed by atoms with van der Waals surface area (Å²) < 4.78 is 11.1. The summed E-state index contributed by atoms with van der Waals surface area (Å²) in [6, 6.07) is 1.42. The van der Waals surface area contributed by atoms with Gasteiger partial charge in [0.15, 0.2) is 0 Å². The normalized spacial score (nSPS) is 32.3. The van der Waals surface area contributed by atoms with Crippen LogP contribution in [0.5, 0.6) is 0 Å². The van der Waals surface area contributed by atoms with Crippen LogP contribution in [-0.4, -0.2) is 42.5 Å². The number of carbonyl (C=O) groups is 1. The highest BCUT2D eigenvalue weighted by Gasteiger charge is 2.28. The maximum atomic E-state index is 11.8. The molecule has 0 radical (unpaired) electrons. The van der Waals surface area contributed by atoms with Crippen molar-refractivity contribution in [3.05, 3.63) is 0 Å². The van der Waals surface area contributed by atoms with Crippen LogP contribution in [0.1, 0.15) is 72.6 Å². The Morgan fingerprint density at radius 2 is 1.74 bits per heavy atom. The zero-order valence-corrected chi connectivity index (χ0v) is 15.2. The molecule has 0 aromatic rings. The number of rotatable bonds is 4. The van der Waals surface area contributed by atoms with Crippen LogP contribution in [0, 0.1) is 0 Å². The average Bonchev–Trinajstić information content (AvgIpc) is 2.47. The largest absolute Gasteiger partial charge is 0.444 e. The third-order valence-electron chi connectivity index (χ3n) is 4.74. The van der Waals surface area contributed by atoms with Gasteiger partial charge in [-0.2, -0.15) is 0 Å². The van der Waals surface area contributed by atoms with Crippen LogP contribution in [0.4, 0.5) is 4.79 Å². The van der Waals surface area contributed by atoms with Crippen molar-refractivity contribution in [1.29, 1.82) is 0 Å². The van der Waals surface area contributed by atoms with E-state index in [-0.39, 0.29) is 12.1 Å². The van der Waals surface area contributed by atoms with Gasteiger partial charge in [0.2, 0.25) is 0 Å². The van der Waals surface area contributed by atoms with Gasteiger partial charge in [0.1, 0.15) is 5.60 Å². The van der Waals surface area contributed by atoms with Crippen LogP contribution in [0.25, 0.3) is 0 Å². The highest BCUT2D eigenvalue weighted by atomic mass is 16.6. The van der Waals surface area contributed by atoms with Gasteiger partial charge in [-0.1, -0.05) is 6.92 Å². The lowest BCUT2D eigenvalue weighted by molar-refractivity contribution is -0.00302. The van der Waals surface area contributed by atoms with Gasteiger partial charge in [0, 0.05) is 24.7 Å². The molecule has 2 rings (SSSR count). The Labute approximate surface area is 140 Å². The lowest BCUT2D eigenvalue weighted by atomic mass is 9.89. The van der Waals surface area contributed by atoms with Crippen LogP contribution >= 0.6 is 0 Å². The van der Waals surface area contributed by atoms with E-state index in [0.29, 0.717) is 18.2 Å². The minimum atomic E-state index is -0.429. The van der Waals surface area contributed by atoms with Gasteiger partial charge in [-0.25, -0.2) is 4.79 Å². The fourth-order valence-corrected chi connectivity index (χ4v) is 3.53. The fourth-order valence-electron chi connectivity index (χ4n) is 3.53. The van der Waals surface area contributed by atoms with E-state index in [1.54, 1.807) is 0 Å². The average molecular weight is 326 g/mol. The van der Waals surface area contributed by atoms with E-state index in [1.807, 2.05) is 20.8 Å². The van der Waals surface area contributed by atoms with Gasteiger partial charge in [-0.05, 0) is 65.7 Å². The molecule has 2 aliphatic rings. The molecule has 5 nitrogen and oxygen atoms in total. The number of amides is 1. The van der Waals surface area contributed by atoms with E-state index in [0.717, 1.165) is 51.6 Å². The molecule has 2 fully saturated rings. The van der Waals surface area contributed by atoms with Crippen molar-refractivity contribution in [1.82, 2.24) is 10.6 Å². The van der Waals surface area contributed by atoms with Crippen molar-refractivity contribution in [3.63, 3.8) is 0 Å². The highest BCUT2D eigenvalue weighted by Crippen LogP contribution is 2.23. The summed E-state index contributed by atoms with van der Waals surface area (Å²) in [6.45, 7) is 8.76. The topological polar surface area (TPSA) is 59.6 Å². The predicted octanol–water partition coefficient (Wildman–Crippen LogP) is 3.37. The van der Waals surface area contributed by atoms with Crippen LogP contribution in [0.3, 0.4) is 0 Å². The zero-order valence-electron chi connectivity index (χ0n) is 15.2. The molecular weight excluding hydrogens is 292 g/mol. The van der Waals surface area contributed by atoms with Crippen LogP contribution in [-0.2, 0) is 9.47 Å². The summed E-state index contributed by atoms with van der Waals surface area (Å²) >= 11 is 0. The molecule has 0 spiro atoms. The number of ether oxygens (including phenoxy) is 2. The van der Waals surface area contributed by atoms with Crippen LogP contribution < -0.4 is 10.6 Å². The minimum absolute atomic E-state index is 0.251. The number of alkyl carbamates (subject to hydrolysis) is 1. The number of hydrogen-bond acceptors (Lipinski definition) is 4. The Morgan fingerprint density at radius 1 is 1.09 bits per heavy atom. The molecule has 2 atom stereocenters. The van der Waals surface area contributed by atoms with Gasteiger partial charge in [-0.3, -0.25) is 0 Å². The Balaban J connectivity index is 1.66. The van der Waals surface area contributed by atoms with Gasteiger partial charge >= 0.3 is 6.09 Å². The molecule has 5 heteroatoms. The Bertz CT molecular complexity index is 373. The molecule has 0 aromatic heterocycles. The third kappa shape index (κ3) is 6.68. The number of hydrogen-bond donors (Lipinski definition) is 2. The summed E-state index contributed by atoms with van der Waals surface area (Å²) in [6.07, 6.45) is 7.78. The highest BCUT2D eigenvalue weighted by molar-refractivity contribution is 5.68. The maximum absolute atomic E-state index is 11.8. The summed E-state index contributed by atoms with van der Waals surface area (Å²) in [5.41, 5.74) is -0.429. The predicted molar refractivity (Wildman–Crippen MR) is 91.6 cm³/mol. The van der Waals surface area contributed by atoms with Crippen LogP contribution in [0.15, 0.2) is 0 Å². The Morgan fingerprint density at radius 3 is 2.35 bits per heavy atom. The van der Waals surface area contributed by atoms with Crippen molar-refractivity contribution >= 4 is 6.09 Å². The van der Waals surface area contributed by atoms with Gasteiger partial charge in [-0.15, -0.1) is 0 Å². The first-order chi connectivity index (χ1) is 10.9. The Kier molecular flexibility index (Phi) is 6.72. The molecule has 1 heterocycles. The smallest absolute Gasteiger partial charge is 0.407 e. The molecule has 0 bridgehead atoms. The molecule has 23 heavy (non-hydrogen) atoms. The van der Waals surface area contributed by atoms with Gasteiger partial charge in [0.25, 0.3) is 0 Å². The molecule has 1 aliphatic carbocycles. The second-order valence-electron chi connectivity index (χ2n) is 7.98. The van der Waals surface area contributed by atoms with Crippen LogP contribution in [0.2, 0.25) is 0 Å². The van der Waals surface area contributed by atoms with Gasteiger partial charge < -0.3 is 20.1 Å². The SMILES string of the molecule is CCC1CC(NC2CCC(NC(=O)OC(C)(C)C)CC2)CCO1. The molecule has 134 valence electrons. The number of nitrogens with one attached hydrogen (secondary N) is 2. The lowest BCUT2D eigenvalue weighted by Gasteiger charge is -2.36. The second kappa shape index (κ2) is 8.34. The second-order valence-corrected chi connectivity index (χ2v) is 7.98. The maximum Gasteiger partial charge on any atom is 0.407 e. The first-order valence-corrected chi connectivity index (χ1v) is 9.23. The third-order valence-corrected chi connectivity index (χ3v) is 4.74. The summed E-state index contributed by atoms with van der Waals surface area (Å²) in [5, 5.41) is 6.82.